The van der Waals surface area contributed by atoms with Gasteiger partial charge in [0.1, 0.15) is 41.9 Å². The molecule has 2 aromatic heterocycles. The smallest absolute Gasteiger partial charge is 0.459 e. The van der Waals surface area contributed by atoms with Crippen LogP contribution in [0.1, 0.15) is 46.2 Å². The van der Waals surface area contributed by atoms with Crippen LogP contribution in [0.4, 0.5) is 5.82 Å². The zero-order chi connectivity index (χ0) is 31.4. The second-order valence-corrected chi connectivity index (χ2v) is 12.2. The van der Waals surface area contributed by atoms with E-state index in [0.29, 0.717) is 5.52 Å². The van der Waals surface area contributed by atoms with Crippen LogP contribution in [-0.4, -0.2) is 74.1 Å². The number of anilines is 1. The number of carbonyl (C=O) groups is 1. The fraction of sp³-hybridized carbons (Fsp3) is 0.500. The van der Waals surface area contributed by atoms with Crippen molar-refractivity contribution in [1.82, 2.24) is 19.7 Å². The van der Waals surface area contributed by atoms with Crippen LogP contribution in [0, 0.1) is 11.3 Å². The van der Waals surface area contributed by atoms with Gasteiger partial charge in [-0.05, 0) is 44.0 Å². The third-order valence-electron chi connectivity index (χ3n) is 7.58. The van der Waals surface area contributed by atoms with Gasteiger partial charge in [-0.2, -0.15) is 10.2 Å². The van der Waals surface area contributed by atoms with E-state index in [-0.39, 0.29) is 35.5 Å². The number of fused-ring (bicyclic) bond motifs is 1. The summed E-state index contributed by atoms with van der Waals surface area (Å²) < 4.78 is 38.3. The SMILES string of the molecule is CCC(CC)COC(=O)[C@H](C)NP(=O)(OC[C@H]1O[C@@](C(C)=N)(c2ccc3c(N)ncnn23)[C@H](O)[C@@H]1O)Oc1ccccc1. The summed E-state index contributed by atoms with van der Waals surface area (Å²) in [6, 6.07) is 10.3. The average molecular weight is 619 g/mol. The van der Waals surface area contributed by atoms with Gasteiger partial charge in [-0.25, -0.2) is 14.1 Å². The lowest BCUT2D eigenvalue weighted by Crippen LogP contribution is -2.46. The summed E-state index contributed by atoms with van der Waals surface area (Å²) in [5, 5.41) is 37.6. The molecular weight excluding hydrogens is 579 g/mol. The van der Waals surface area contributed by atoms with Crippen molar-refractivity contribution >= 4 is 30.8 Å². The van der Waals surface area contributed by atoms with Crippen LogP contribution in [0.2, 0.25) is 0 Å². The van der Waals surface area contributed by atoms with Gasteiger partial charge in [0.05, 0.1) is 18.9 Å². The molecule has 1 fully saturated rings. The van der Waals surface area contributed by atoms with E-state index in [2.05, 4.69) is 15.2 Å². The number of nitrogens with two attached hydrogens (primary N) is 1. The second-order valence-electron chi connectivity index (χ2n) is 10.5. The van der Waals surface area contributed by atoms with E-state index in [4.69, 9.17) is 29.7 Å². The molecule has 1 aliphatic heterocycles. The maximum absolute atomic E-state index is 14.0. The molecule has 1 saturated heterocycles. The largest absolute Gasteiger partial charge is 0.464 e. The third-order valence-corrected chi connectivity index (χ3v) is 9.22. The first-order valence-electron chi connectivity index (χ1n) is 14.1. The number of nitrogens with one attached hydrogen (secondary N) is 2. The molecule has 0 aliphatic carbocycles. The molecule has 14 nitrogen and oxygen atoms in total. The van der Waals surface area contributed by atoms with Gasteiger partial charge >= 0.3 is 13.7 Å². The third kappa shape index (κ3) is 6.74. The lowest BCUT2D eigenvalue weighted by atomic mass is 9.87. The Labute approximate surface area is 249 Å². The van der Waals surface area contributed by atoms with E-state index < -0.39 is 50.3 Å². The molecule has 6 atom stereocenters. The molecule has 1 unspecified atom stereocenters. The number of para-hydroxylation sites is 1. The summed E-state index contributed by atoms with van der Waals surface area (Å²) >= 11 is 0. The molecule has 1 aliphatic rings. The second kappa shape index (κ2) is 13.5. The van der Waals surface area contributed by atoms with E-state index >= 15 is 0 Å². The fourth-order valence-electron chi connectivity index (χ4n) is 4.92. The minimum absolute atomic E-state index is 0.130. The fourth-order valence-corrected chi connectivity index (χ4v) is 6.43. The van der Waals surface area contributed by atoms with Crippen molar-refractivity contribution in [2.24, 2.45) is 5.92 Å². The lowest BCUT2D eigenvalue weighted by Gasteiger charge is -2.31. The number of aliphatic hydroxyl groups is 2. The minimum atomic E-state index is -4.30. The Morgan fingerprint density at radius 2 is 1.93 bits per heavy atom. The summed E-state index contributed by atoms with van der Waals surface area (Å²) in [6.07, 6.45) is -1.57. The quantitative estimate of drug-likeness (QED) is 0.101. The summed E-state index contributed by atoms with van der Waals surface area (Å²) in [5.41, 5.74) is 4.63. The van der Waals surface area contributed by atoms with Crippen molar-refractivity contribution in [1.29, 1.82) is 5.41 Å². The van der Waals surface area contributed by atoms with Crippen molar-refractivity contribution in [3.63, 3.8) is 0 Å². The molecule has 0 bridgehead atoms. The Bertz CT molecular complexity index is 1470. The highest BCUT2D eigenvalue weighted by molar-refractivity contribution is 7.52. The highest BCUT2D eigenvalue weighted by Gasteiger charge is 2.58. The highest BCUT2D eigenvalue weighted by atomic mass is 31.2. The van der Waals surface area contributed by atoms with E-state index in [1.807, 2.05) is 13.8 Å². The Morgan fingerprint density at radius 3 is 2.58 bits per heavy atom. The molecule has 15 heteroatoms. The number of aliphatic hydroxyl groups excluding tert-OH is 2. The standard InChI is InChI=1S/C28H39N6O8P/c1-5-19(6-2)14-39-27(37)17(3)33-43(38,42-20-10-8-7-9-11-20)40-15-22-24(35)25(36)28(41-22,18(4)29)23-13-12-21-26(30)31-16-32-34(21)23/h7-13,16-17,19,22,24-25,29,35-36H,5-6,14-15H2,1-4H3,(H,33,38)(H2,30,31,32)/t17-,22+,24+,25+,28-,43?/m0/s1. The van der Waals surface area contributed by atoms with Gasteiger partial charge in [0, 0.05) is 5.71 Å². The molecule has 3 heterocycles. The first kappa shape index (κ1) is 32.5. The van der Waals surface area contributed by atoms with Crippen LogP contribution < -0.4 is 15.3 Å². The van der Waals surface area contributed by atoms with Crippen molar-refractivity contribution in [2.75, 3.05) is 18.9 Å². The molecule has 234 valence electrons. The summed E-state index contributed by atoms with van der Waals surface area (Å²) in [6.45, 7) is 6.58. The number of aromatic nitrogens is 3. The monoisotopic (exact) mass is 618 g/mol. The maximum Gasteiger partial charge on any atom is 0.459 e. The average Bonchev–Trinajstić information content (AvgIpc) is 3.53. The Morgan fingerprint density at radius 1 is 1.23 bits per heavy atom. The van der Waals surface area contributed by atoms with Crippen molar-refractivity contribution in [3.8, 4) is 5.75 Å². The van der Waals surface area contributed by atoms with Gasteiger partial charge in [-0.1, -0.05) is 44.9 Å². The zero-order valence-corrected chi connectivity index (χ0v) is 25.4. The first-order chi connectivity index (χ1) is 20.5. The summed E-state index contributed by atoms with van der Waals surface area (Å²) in [4.78, 5) is 16.7. The molecule has 0 spiro atoms. The normalized spacial score (nSPS) is 24.1. The summed E-state index contributed by atoms with van der Waals surface area (Å²) in [5.74, 6) is -0.0693. The molecule has 0 amide bonds. The van der Waals surface area contributed by atoms with Crippen molar-refractivity contribution < 1.29 is 38.1 Å². The van der Waals surface area contributed by atoms with Gasteiger partial charge in [0.15, 0.2) is 11.4 Å². The van der Waals surface area contributed by atoms with E-state index in [9.17, 15) is 19.6 Å². The molecule has 0 saturated carbocycles. The van der Waals surface area contributed by atoms with Crippen LogP contribution >= 0.6 is 7.75 Å². The number of nitrogens with zero attached hydrogens (tertiary/aromatic N) is 3. The van der Waals surface area contributed by atoms with Crippen molar-refractivity contribution in [3.05, 3.63) is 54.5 Å². The van der Waals surface area contributed by atoms with E-state index in [1.165, 1.54) is 24.7 Å². The molecule has 4 rings (SSSR count). The number of rotatable bonds is 14. The van der Waals surface area contributed by atoms with Gasteiger partial charge in [-0.15, -0.1) is 0 Å². The maximum atomic E-state index is 14.0. The van der Waals surface area contributed by atoms with Gasteiger partial charge < -0.3 is 35.4 Å². The molecular formula is C28H39N6O8P. The number of carbonyl (C=O) groups excluding carboxylic acids is 1. The van der Waals surface area contributed by atoms with Crippen LogP contribution in [-0.2, 0) is 29.0 Å². The predicted octanol–water partition coefficient (Wildman–Crippen LogP) is 2.83. The van der Waals surface area contributed by atoms with E-state index in [1.54, 1.807) is 42.5 Å². The number of benzene rings is 1. The molecule has 6 N–H and O–H groups in total. The molecule has 43 heavy (non-hydrogen) atoms. The van der Waals surface area contributed by atoms with Crippen LogP contribution in [0.5, 0.6) is 5.75 Å². The first-order valence-corrected chi connectivity index (χ1v) is 15.6. The van der Waals surface area contributed by atoms with Crippen LogP contribution in [0.15, 0.2) is 48.8 Å². The predicted molar refractivity (Wildman–Crippen MR) is 158 cm³/mol. The Kier molecular flexibility index (Phi) is 10.2. The highest BCUT2D eigenvalue weighted by Crippen LogP contribution is 2.47. The van der Waals surface area contributed by atoms with Crippen LogP contribution in [0.3, 0.4) is 0 Å². The van der Waals surface area contributed by atoms with Gasteiger partial charge in [0.2, 0.25) is 0 Å². The lowest BCUT2D eigenvalue weighted by molar-refractivity contribution is -0.146. The summed E-state index contributed by atoms with van der Waals surface area (Å²) in [7, 11) is -4.30. The number of hydrogen-bond donors (Lipinski definition) is 5. The number of nitrogen functional groups attached to an aromatic ring is 1. The number of hydrogen-bond acceptors (Lipinski definition) is 12. The number of esters is 1. The van der Waals surface area contributed by atoms with Gasteiger partial charge in [0.25, 0.3) is 0 Å². The number of ether oxygens (including phenoxy) is 2. The zero-order valence-electron chi connectivity index (χ0n) is 24.5. The van der Waals surface area contributed by atoms with Crippen LogP contribution in [0.25, 0.3) is 5.52 Å². The molecule has 1 aromatic carbocycles. The molecule has 0 radical (unpaired) electrons. The Hall–Kier alpha value is -3.39. The molecule has 3 aromatic rings. The Balaban J connectivity index is 1.56. The minimum Gasteiger partial charge on any atom is -0.464 e. The van der Waals surface area contributed by atoms with Crippen molar-refractivity contribution in [2.45, 2.75) is 70.5 Å². The van der Waals surface area contributed by atoms with E-state index in [0.717, 1.165) is 12.8 Å². The van der Waals surface area contributed by atoms with Gasteiger partial charge in [-0.3, -0.25) is 9.32 Å². The topological polar surface area (TPSA) is 204 Å².